The molecular weight excluding hydrogens is 538 g/mol. The number of fused-ring (bicyclic) bond motifs is 5. The molecule has 1 aliphatic rings. The van der Waals surface area contributed by atoms with Crippen molar-refractivity contribution in [2.75, 3.05) is 26.8 Å². The molecule has 0 saturated heterocycles. The summed E-state index contributed by atoms with van der Waals surface area (Å²) in [6.45, 7) is 5.67. The maximum absolute atomic E-state index is 13.4. The second kappa shape index (κ2) is 12.8. The lowest BCUT2D eigenvalue weighted by Crippen LogP contribution is -2.52. The Balaban J connectivity index is 1.66. The summed E-state index contributed by atoms with van der Waals surface area (Å²) in [5.41, 5.74) is 1.46. The van der Waals surface area contributed by atoms with Gasteiger partial charge >= 0.3 is 0 Å². The Bertz CT molecular complexity index is 1390. The zero-order valence-electron chi connectivity index (χ0n) is 22.8. The number of hydrogen-bond donors (Lipinski definition) is 2. The van der Waals surface area contributed by atoms with Gasteiger partial charge in [0.05, 0.1) is 37.4 Å². The van der Waals surface area contributed by atoms with E-state index >= 15 is 0 Å². The predicted octanol–water partition coefficient (Wildman–Crippen LogP) is 3.39. The first-order valence-corrected chi connectivity index (χ1v) is 13.3. The number of nitrogens with zero attached hydrogens (tertiary/aromatic N) is 3. The van der Waals surface area contributed by atoms with Crippen LogP contribution in [0.5, 0.6) is 11.5 Å². The number of aromatic nitrogens is 2. The molecule has 1 atom stereocenters. The summed E-state index contributed by atoms with van der Waals surface area (Å²) < 4.78 is 17.3. The van der Waals surface area contributed by atoms with E-state index in [1.807, 2.05) is 13.8 Å². The number of ether oxygens (including phenoxy) is 2. The quantitative estimate of drug-likeness (QED) is 0.490. The number of methoxy groups -OCH3 is 1. The van der Waals surface area contributed by atoms with E-state index in [9.17, 15) is 14.4 Å². The van der Waals surface area contributed by atoms with Crippen molar-refractivity contribution in [1.82, 2.24) is 25.5 Å². The molecule has 1 aromatic carbocycles. The lowest BCUT2D eigenvalue weighted by atomic mass is 10.0. The van der Waals surface area contributed by atoms with Gasteiger partial charge in [0.25, 0.3) is 5.91 Å². The van der Waals surface area contributed by atoms with Gasteiger partial charge in [-0.3, -0.25) is 19.4 Å². The van der Waals surface area contributed by atoms with Gasteiger partial charge in [0.2, 0.25) is 17.7 Å². The molecule has 3 amide bonds. The molecule has 0 unspecified atom stereocenters. The van der Waals surface area contributed by atoms with Crippen LogP contribution < -0.4 is 20.1 Å². The number of nitrogens with one attached hydrogen (secondary N) is 2. The molecule has 0 aliphatic carbocycles. The molecule has 11 nitrogen and oxygen atoms in total. The molecule has 12 heteroatoms. The lowest BCUT2D eigenvalue weighted by molar-refractivity contribution is -0.130. The third kappa shape index (κ3) is 6.71. The minimum Gasteiger partial charge on any atom is -0.493 e. The number of amides is 3. The molecule has 2 aromatic heterocycles. The molecule has 2 N–H and O–H groups in total. The standard InChI is InChI=1S/C28H32ClN5O6/c1-16(2)25-26(36)31-14-21-17(3)40-27(32-21)18-6-7-22(38-4)23(12-18)39-11-5-10-34(15-24(35)33-25)28(37)19-8-9-30-13-20(19)29/h6-9,12-13,16,25H,5,10-11,14-15H2,1-4H3,(H,31,36)(H,33,35)/t25-/m0/s1. The van der Waals surface area contributed by atoms with Crippen LogP contribution in [0.2, 0.25) is 5.02 Å². The molecule has 0 radical (unpaired) electrons. The van der Waals surface area contributed by atoms with Gasteiger partial charge in [-0.05, 0) is 43.5 Å². The Hall–Kier alpha value is -4.12. The van der Waals surface area contributed by atoms with Gasteiger partial charge in [0, 0.05) is 24.5 Å². The molecule has 0 spiro atoms. The van der Waals surface area contributed by atoms with Gasteiger partial charge in [-0.2, -0.15) is 0 Å². The lowest BCUT2D eigenvalue weighted by Gasteiger charge is -2.26. The van der Waals surface area contributed by atoms with Gasteiger partial charge in [0.1, 0.15) is 17.5 Å². The highest BCUT2D eigenvalue weighted by Gasteiger charge is 2.27. The normalized spacial score (nSPS) is 16.9. The van der Waals surface area contributed by atoms with Crippen LogP contribution in [0.3, 0.4) is 0 Å². The van der Waals surface area contributed by atoms with Gasteiger partial charge in [-0.1, -0.05) is 25.4 Å². The van der Waals surface area contributed by atoms with Crippen molar-refractivity contribution in [3.05, 3.63) is 58.7 Å². The summed E-state index contributed by atoms with van der Waals surface area (Å²) >= 11 is 6.22. The average molecular weight is 570 g/mol. The molecule has 3 aromatic rings. The van der Waals surface area contributed by atoms with E-state index in [4.69, 9.17) is 25.5 Å². The summed E-state index contributed by atoms with van der Waals surface area (Å²) in [5.74, 6) is 0.413. The number of carbonyl (C=O) groups excluding carboxylic acids is 3. The van der Waals surface area contributed by atoms with Crippen LogP contribution in [0, 0.1) is 12.8 Å². The second-order valence-corrected chi connectivity index (χ2v) is 10.1. The fourth-order valence-electron chi connectivity index (χ4n) is 4.26. The first-order chi connectivity index (χ1) is 19.2. The van der Waals surface area contributed by atoms with Crippen LogP contribution >= 0.6 is 11.6 Å². The van der Waals surface area contributed by atoms with E-state index in [1.165, 1.54) is 30.5 Å². The second-order valence-electron chi connectivity index (χ2n) is 9.68. The molecule has 1 aliphatic heterocycles. The van der Waals surface area contributed by atoms with Crippen LogP contribution in [0.25, 0.3) is 11.5 Å². The van der Waals surface area contributed by atoms with E-state index in [2.05, 4.69) is 20.6 Å². The topological polar surface area (TPSA) is 136 Å². The summed E-state index contributed by atoms with van der Waals surface area (Å²) in [7, 11) is 1.54. The van der Waals surface area contributed by atoms with Crippen molar-refractivity contribution in [2.24, 2.45) is 5.92 Å². The highest BCUT2D eigenvalue weighted by Crippen LogP contribution is 2.33. The molecule has 4 bridgehead atoms. The van der Waals surface area contributed by atoms with Crippen molar-refractivity contribution in [3.8, 4) is 23.0 Å². The van der Waals surface area contributed by atoms with E-state index in [1.54, 1.807) is 25.1 Å². The number of hydrogen-bond acceptors (Lipinski definition) is 8. The van der Waals surface area contributed by atoms with Crippen LogP contribution in [0.4, 0.5) is 0 Å². The first kappa shape index (κ1) is 28.9. The summed E-state index contributed by atoms with van der Waals surface area (Å²) in [4.78, 5) is 49.5. The highest BCUT2D eigenvalue weighted by molar-refractivity contribution is 6.33. The fourth-order valence-corrected chi connectivity index (χ4v) is 4.46. The van der Waals surface area contributed by atoms with E-state index in [0.717, 1.165) is 0 Å². The Kier molecular flexibility index (Phi) is 9.26. The predicted molar refractivity (Wildman–Crippen MR) is 147 cm³/mol. The number of oxazole rings is 1. The molecule has 0 saturated carbocycles. The van der Waals surface area contributed by atoms with Crippen molar-refractivity contribution in [2.45, 2.75) is 39.8 Å². The van der Waals surface area contributed by atoms with Crippen LogP contribution in [-0.2, 0) is 16.1 Å². The fraction of sp³-hybridized carbons (Fsp3) is 0.393. The minimum atomic E-state index is -0.827. The molecule has 3 heterocycles. The summed E-state index contributed by atoms with van der Waals surface area (Å²) in [6.07, 6.45) is 3.23. The Morgan fingerprint density at radius 1 is 1.25 bits per heavy atom. The molecule has 4 rings (SSSR count). The third-order valence-corrected chi connectivity index (χ3v) is 6.75. The van der Waals surface area contributed by atoms with Crippen molar-refractivity contribution in [1.29, 1.82) is 0 Å². The Labute approximate surface area is 237 Å². The van der Waals surface area contributed by atoms with Gasteiger partial charge in [-0.25, -0.2) is 4.98 Å². The smallest absolute Gasteiger partial charge is 0.255 e. The number of rotatable bonds is 3. The van der Waals surface area contributed by atoms with E-state index in [-0.39, 0.29) is 48.7 Å². The summed E-state index contributed by atoms with van der Waals surface area (Å²) in [6, 6.07) is 5.99. The van der Waals surface area contributed by atoms with Crippen molar-refractivity contribution < 1.29 is 28.3 Å². The van der Waals surface area contributed by atoms with Crippen LogP contribution in [0.15, 0.2) is 41.1 Å². The molecule has 0 fully saturated rings. The summed E-state index contributed by atoms with van der Waals surface area (Å²) in [5, 5.41) is 5.79. The van der Waals surface area contributed by atoms with Gasteiger partial charge < -0.3 is 29.4 Å². The zero-order chi connectivity index (χ0) is 28.8. The molecule has 212 valence electrons. The van der Waals surface area contributed by atoms with Crippen molar-refractivity contribution in [3.63, 3.8) is 0 Å². The maximum Gasteiger partial charge on any atom is 0.255 e. The first-order valence-electron chi connectivity index (χ1n) is 12.9. The van der Waals surface area contributed by atoms with Gasteiger partial charge in [-0.15, -0.1) is 0 Å². The minimum absolute atomic E-state index is 0.109. The SMILES string of the molecule is COc1ccc2cc1OCCCN(C(=O)c1ccncc1Cl)CC(=O)N[C@@H](C(C)C)C(=O)NCc1nc-2oc1C. The average Bonchev–Trinajstić information content (AvgIpc) is 3.31. The number of halogens is 1. The monoisotopic (exact) mass is 569 g/mol. The maximum atomic E-state index is 13.4. The van der Waals surface area contributed by atoms with Crippen molar-refractivity contribution >= 4 is 29.3 Å². The van der Waals surface area contributed by atoms with E-state index in [0.29, 0.717) is 40.8 Å². The largest absolute Gasteiger partial charge is 0.493 e. The molecule has 40 heavy (non-hydrogen) atoms. The van der Waals surface area contributed by atoms with Crippen LogP contribution in [0.1, 0.15) is 42.1 Å². The highest BCUT2D eigenvalue weighted by atomic mass is 35.5. The molecular formula is C28H32ClN5O6. The third-order valence-electron chi connectivity index (χ3n) is 6.45. The number of aryl methyl sites for hydroxylation is 1. The zero-order valence-corrected chi connectivity index (χ0v) is 23.6. The number of benzene rings is 1. The van der Waals surface area contributed by atoms with Gasteiger partial charge in [0.15, 0.2) is 11.5 Å². The van der Waals surface area contributed by atoms with E-state index < -0.39 is 17.9 Å². The Morgan fingerprint density at radius 3 is 2.77 bits per heavy atom. The Morgan fingerprint density at radius 2 is 2.05 bits per heavy atom. The number of carbonyl (C=O) groups is 3. The number of pyridine rings is 1. The van der Waals surface area contributed by atoms with Crippen LogP contribution in [-0.4, -0.2) is 65.4 Å².